The van der Waals surface area contributed by atoms with E-state index in [4.69, 9.17) is 26.1 Å². The lowest BCUT2D eigenvalue weighted by Gasteiger charge is -2.12. The topological polar surface area (TPSA) is 60.5 Å². The average Bonchev–Trinajstić information content (AvgIpc) is 3.22. The predicted molar refractivity (Wildman–Crippen MR) is 113 cm³/mol. The first kappa shape index (κ1) is 17.5. The third-order valence-corrected chi connectivity index (χ3v) is 5.08. The van der Waals surface area contributed by atoms with Gasteiger partial charge < -0.3 is 14.8 Å². The van der Waals surface area contributed by atoms with Crippen LogP contribution in [-0.2, 0) is 0 Å². The van der Waals surface area contributed by atoms with Crippen molar-refractivity contribution in [1.29, 1.82) is 0 Å². The molecule has 1 N–H and O–H groups in total. The Kier molecular flexibility index (Phi) is 4.30. The monoisotopic (exact) mass is 402 g/mol. The Bertz CT molecular complexity index is 1260. The Morgan fingerprint density at radius 2 is 1.72 bits per heavy atom. The molecule has 6 heteroatoms. The molecule has 142 valence electrons. The summed E-state index contributed by atoms with van der Waals surface area (Å²) in [4.78, 5) is 17.8. The summed E-state index contributed by atoms with van der Waals surface area (Å²) in [5, 5.41) is 4.14. The number of ether oxygens (including phenoxy) is 2. The van der Waals surface area contributed by atoms with E-state index in [0.29, 0.717) is 33.5 Å². The maximum atomic E-state index is 13.1. The fraction of sp³-hybridized carbons (Fsp3) is 0.0435. The van der Waals surface area contributed by atoms with Gasteiger partial charge in [-0.05, 0) is 42.5 Å². The predicted octanol–water partition coefficient (Wildman–Crippen LogP) is 5.54. The van der Waals surface area contributed by atoms with Gasteiger partial charge in [0.2, 0.25) is 6.79 Å². The van der Waals surface area contributed by atoms with E-state index in [1.54, 1.807) is 18.2 Å². The molecule has 0 unspecified atom stereocenters. The Morgan fingerprint density at radius 3 is 2.62 bits per heavy atom. The fourth-order valence-corrected chi connectivity index (χ4v) is 3.50. The second-order valence-electron chi connectivity index (χ2n) is 6.57. The van der Waals surface area contributed by atoms with Crippen LogP contribution in [0.4, 0.5) is 5.69 Å². The van der Waals surface area contributed by atoms with Gasteiger partial charge in [0.1, 0.15) is 0 Å². The van der Waals surface area contributed by atoms with Crippen molar-refractivity contribution in [3.63, 3.8) is 0 Å². The van der Waals surface area contributed by atoms with E-state index >= 15 is 0 Å². The molecule has 1 aliphatic heterocycles. The molecule has 0 atom stereocenters. The van der Waals surface area contributed by atoms with Crippen molar-refractivity contribution in [1.82, 2.24) is 4.98 Å². The van der Waals surface area contributed by atoms with Crippen LogP contribution < -0.4 is 14.8 Å². The van der Waals surface area contributed by atoms with Crippen molar-refractivity contribution >= 4 is 34.1 Å². The Morgan fingerprint density at radius 1 is 0.931 bits per heavy atom. The molecule has 0 saturated heterocycles. The number of nitrogens with zero attached hydrogens (tertiary/aromatic N) is 1. The average molecular weight is 403 g/mol. The van der Waals surface area contributed by atoms with E-state index in [-0.39, 0.29) is 12.7 Å². The van der Waals surface area contributed by atoms with E-state index in [0.717, 1.165) is 16.5 Å². The quantitative estimate of drug-likeness (QED) is 0.489. The number of hydrogen-bond donors (Lipinski definition) is 1. The molecule has 0 aliphatic carbocycles. The van der Waals surface area contributed by atoms with Crippen LogP contribution in [0.25, 0.3) is 22.2 Å². The van der Waals surface area contributed by atoms with Crippen LogP contribution in [0.2, 0.25) is 5.02 Å². The first-order valence-corrected chi connectivity index (χ1v) is 9.42. The lowest BCUT2D eigenvalue weighted by Crippen LogP contribution is -2.13. The zero-order chi connectivity index (χ0) is 19.8. The second kappa shape index (κ2) is 7.11. The van der Waals surface area contributed by atoms with Crippen LogP contribution in [0.15, 0.2) is 72.8 Å². The van der Waals surface area contributed by atoms with Gasteiger partial charge in [-0.15, -0.1) is 0 Å². The smallest absolute Gasteiger partial charge is 0.256 e. The molecule has 0 fully saturated rings. The zero-order valence-electron chi connectivity index (χ0n) is 15.2. The zero-order valence-corrected chi connectivity index (χ0v) is 15.9. The number of anilines is 1. The SMILES string of the molecule is O=C(Nc1ccccc1Cl)c1cc(-c2ccc3c(c2)OCO3)nc2ccccc12. The summed E-state index contributed by atoms with van der Waals surface area (Å²) in [5.74, 6) is 1.12. The van der Waals surface area contributed by atoms with Crippen molar-refractivity contribution < 1.29 is 14.3 Å². The van der Waals surface area contributed by atoms with E-state index in [2.05, 4.69) is 5.32 Å². The molecule has 1 amide bonds. The van der Waals surface area contributed by atoms with Crippen LogP contribution in [0.3, 0.4) is 0 Å². The standard InChI is InChI=1S/C23H15ClN2O3/c24-17-6-2-4-8-19(17)26-23(27)16-12-20(25-18-7-3-1-5-15(16)18)14-9-10-21-22(11-14)29-13-28-21/h1-12H,13H2,(H,26,27). The number of benzene rings is 3. The van der Waals surface area contributed by atoms with Crippen molar-refractivity contribution in [3.05, 3.63) is 83.4 Å². The molecule has 0 saturated carbocycles. The summed E-state index contributed by atoms with van der Waals surface area (Å²) in [7, 11) is 0. The number of rotatable bonds is 3. The van der Waals surface area contributed by atoms with Gasteiger partial charge in [0.15, 0.2) is 11.5 Å². The largest absolute Gasteiger partial charge is 0.454 e. The molecule has 1 aliphatic rings. The first-order valence-electron chi connectivity index (χ1n) is 9.05. The fourth-order valence-electron chi connectivity index (χ4n) is 3.32. The third-order valence-electron chi connectivity index (χ3n) is 4.75. The van der Waals surface area contributed by atoms with Gasteiger partial charge in [0.05, 0.1) is 27.5 Å². The molecule has 0 radical (unpaired) electrons. The minimum atomic E-state index is -0.251. The van der Waals surface area contributed by atoms with Gasteiger partial charge >= 0.3 is 0 Å². The van der Waals surface area contributed by atoms with Gasteiger partial charge in [0.25, 0.3) is 5.91 Å². The van der Waals surface area contributed by atoms with E-state index in [1.807, 2.05) is 54.6 Å². The van der Waals surface area contributed by atoms with E-state index < -0.39 is 0 Å². The lowest BCUT2D eigenvalue weighted by molar-refractivity contribution is 0.102. The van der Waals surface area contributed by atoms with E-state index in [1.165, 1.54) is 0 Å². The summed E-state index contributed by atoms with van der Waals surface area (Å²) in [6.07, 6.45) is 0. The number of carbonyl (C=O) groups excluding carboxylic acids is 1. The van der Waals surface area contributed by atoms with Crippen LogP contribution in [-0.4, -0.2) is 17.7 Å². The third kappa shape index (κ3) is 3.26. The minimum Gasteiger partial charge on any atom is -0.454 e. The number of halogens is 1. The number of amides is 1. The molecule has 0 spiro atoms. The Labute approximate surface area is 171 Å². The number of pyridine rings is 1. The molecule has 2 heterocycles. The number of fused-ring (bicyclic) bond motifs is 2. The normalized spacial score (nSPS) is 12.2. The summed E-state index contributed by atoms with van der Waals surface area (Å²) in [6, 6.07) is 22.1. The highest BCUT2D eigenvalue weighted by Gasteiger charge is 2.18. The van der Waals surface area contributed by atoms with Crippen molar-refractivity contribution in [2.75, 3.05) is 12.1 Å². The molecule has 5 nitrogen and oxygen atoms in total. The Hall–Kier alpha value is -3.57. The summed E-state index contributed by atoms with van der Waals surface area (Å²) >= 11 is 6.20. The number of para-hydroxylation sites is 2. The number of carbonyl (C=O) groups is 1. The van der Waals surface area contributed by atoms with Crippen LogP contribution in [0, 0.1) is 0 Å². The van der Waals surface area contributed by atoms with E-state index in [9.17, 15) is 4.79 Å². The van der Waals surface area contributed by atoms with Gasteiger partial charge in [-0.2, -0.15) is 0 Å². The van der Waals surface area contributed by atoms with Crippen LogP contribution >= 0.6 is 11.6 Å². The number of hydrogen-bond acceptors (Lipinski definition) is 4. The lowest BCUT2D eigenvalue weighted by atomic mass is 10.0. The first-order chi connectivity index (χ1) is 14.2. The van der Waals surface area contributed by atoms with Gasteiger partial charge in [-0.1, -0.05) is 41.9 Å². The van der Waals surface area contributed by atoms with Crippen LogP contribution in [0.1, 0.15) is 10.4 Å². The molecular weight excluding hydrogens is 388 g/mol. The van der Waals surface area contributed by atoms with Gasteiger partial charge in [0, 0.05) is 10.9 Å². The maximum Gasteiger partial charge on any atom is 0.256 e. The Balaban J connectivity index is 1.61. The number of aromatic nitrogens is 1. The molecule has 1 aromatic heterocycles. The summed E-state index contributed by atoms with van der Waals surface area (Å²) < 4.78 is 10.9. The highest BCUT2D eigenvalue weighted by molar-refractivity contribution is 6.34. The number of nitrogens with one attached hydrogen (secondary N) is 1. The molecule has 4 aromatic rings. The van der Waals surface area contributed by atoms with Crippen LogP contribution in [0.5, 0.6) is 11.5 Å². The molecule has 5 rings (SSSR count). The summed E-state index contributed by atoms with van der Waals surface area (Å²) in [5.41, 5.74) is 3.32. The highest BCUT2D eigenvalue weighted by atomic mass is 35.5. The van der Waals surface area contributed by atoms with Crippen molar-refractivity contribution in [2.45, 2.75) is 0 Å². The van der Waals surface area contributed by atoms with Gasteiger partial charge in [-0.3, -0.25) is 4.79 Å². The molecular formula is C23H15ClN2O3. The highest BCUT2D eigenvalue weighted by Crippen LogP contribution is 2.36. The summed E-state index contributed by atoms with van der Waals surface area (Å²) in [6.45, 7) is 0.204. The van der Waals surface area contributed by atoms with Crippen molar-refractivity contribution in [2.24, 2.45) is 0 Å². The molecule has 3 aromatic carbocycles. The van der Waals surface area contributed by atoms with Crippen molar-refractivity contribution in [3.8, 4) is 22.8 Å². The maximum absolute atomic E-state index is 13.1. The minimum absolute atomic E-state index is 0.204. The molecule has 29 heavy (non-hydrogen) atoms. The molecule has 0 bridgehead atoms. The van der Waals surface area contributed by atoms with Gasteiger partial charge in [-0.25, -0.2) is 4.98 Å². The second-order valence-corrected chi connectivity index (χ2v) is 6.98.